The SMILES string of the molecule is CCn1nc(C)c(Br)c1CC(O)Cc1ccc(Cl)cc1. The van der Waals surface area contributed by atoms with Gasteiger partial charge in [0.25, 0.3) is 0 Å². The number of nitrogens with zero attached hydrogens (tertiary/aromatic N) is 2. The first-order valence-electron chi connectivity index (χ1n) is 6.65. The molecular formula is C15H18BrClN2O. The Morgan fingerprint density at radius 3 is 2.55 bits per heavy atom. The number of rotatable bonds is 5. The molecule has 1 aromatic heterocycles. The van der Waals surface area contributed by atoms with Crippen molar-refractivity contribution in [2.75, 3.05) is 0 Å². The summed E-state index contributed by atoms with van der Waals surface area (Å²) in [6.07, 6.45) is 0.754. The molecule has 1 unspecified atom stereocenters. The van der Waals surface area contributed by atoms with Crippen LogP contribution in [0.2, 0.25) is 5.02 Å². The predicted molar refractivity (Wildman–Crippen MR) is 85.2 cm³/mol. The van der Waals surface area contributed by atoms with E-state index in [9.17, 15) is 5.11 Å². The van der Waals surface area contributed by atoms with E-state index in [1.54, 1.807) is 0 Å². The fourth-order valence-corrected chi connectivity index (χ4v) is 2.82. The van der Waals surface area contributed by atoms with Crippen molar-refractivity contribution in [1.29, 1.82) is 0 Å². The number of aromatic nitrogens is 2. The fourth-order valence-electron chi connectivity index (χ4n) is 2.25. The van der Waals surface area contributed by atoms with Crippen LogP contribution in [0.1, 0.15) is 23.9 Å². The standard InChI is InChI=1S/C15H18BrClN2O/c1-3-19-14(15(16)10(2)18-19)9-13(20)8-11-4-6-12(17)7-5-11/h4-7,13,20H,3,8-9H2,1-2H3. The van der Waals surface area contributed by atoms with Gasteiger partial charge in [0.2, 0.25) is 0 Å². The lowest BCUT2D eigenvalue weighted by Crippen LogP contribution is -2.17. The number of aliphatic hydroxyl groups is 1. The molecule has 1 atom stereocenters. The molecule has 0 fully saturated rings. The molecule has 3 nitrogen and oxygen atoms in total. The zero-order valence-electron chi connectivity index (χ0n) is 11.6. The molecule has 0 bridgehead atoms. The van der Waals surface area contributed by atoms with E-state index in [1.807, 2.05) is 42.8 Å². The Morgan fingerprint density at radius 2 is 1.95 bits per heavy atom. The Morgan fingerprint density at radius 1 is 1.30 bits per heavy atom. The molecule has 2 rings (SSSR count). The largest absolute Gasteiger partial charge is 0.392 e. The molecule has 108 valence electrons. The summed E-state index contributed by atoms with van der Waals surface area (Å²) < 4.78 is 2.93. The second-order valence-electron chi connectivity index (χ2n) is 4.85. The number of aliphatic hydroxyl groups excluding tert-OH is 1. The summed E-state index contributed by atoms with van der Waals surface area (Å²) in [5, 5.41) is 15.4. The molecule has 0 aliphatic heterocycles. The van der Waals surface area contributed by atoms with Gasteiger partial charge in [-0.3, -0.25) is 4.68 Å². The summed E-state index contributed by atoms with van der Waals surface area (Å²) in [6, 6.07) is 7.59. The molecule has 1 N–H and O–H groups in total. The first kappa shape index (κ1) is 15.5. The minimum atomic E-state index is -0.436. The van der Waals surface area contributed by atoms with Crippen molar-refractivity contribution in [2.24, 2.45) is 0 Å². The molecule has 0 saturated heterocycles. The van der Waals surface area contributed by atoms with E-state index in [4.69, 9.17) is 11.6 Å². The predicted octanol–water partition coefficient (Wildman–Crippen LogP) is 3.77. The van der Waals surface area contributed by atoms with Crippen LogP contribution >= 0.6 is 27.5 Å². The molecule has 0 aliphatic carbocycles. The maximum absolute atomic E-state index is 10.3. The number of hydrogen-bond donors (Lipinski definition) is 1. The highest BCUT2D eigenvalue weighted by molar-refractivity contribution is 9.10. The maximum atomic E-state index is 10.3. The minimum Gasteiger partial charge on any atom is -0.392 e. The van der Waals surface area contributed by atoms with Gasteiger partial charge in [0, 0.05) is 18.0 Å². The van der Waals surface area contributed by atoms with Crippen LogP contribution in [0.3, 0.4) is 0 Å². The zero-order valence-corrected chi connectivity index (χ0v) is 13.9. The summed E-state index contributed by atoms with van der Waals surface area (Å²) in [5.41, 5.74) is 3.09. The number of benzene rings is 1. The smallest absolute Gasteiger partial charge is 0.0738 e. The van der Waals surface area contributed by atoms with Crippen LogP contribution in [0.15, 0.2) is 28.7 Å². The Hall–Kier alpha value is -0.840. The lowest BCUT2D eigenvalue weighted by atomic mass is 10.0. The van der Waals surface area contributed by atoms with Gasteiger partial charge in [0.05, 0.1) is 22.0 Å². The van der Waals surface area contributed by atoms with Gasteiger partial charge in [-0.25, -0.2) is 0 Å². The lowest BCUT2D eigenvalue weighted by molar-refractivity contribution is 0.172. The Bertz CT molecular complexity index is 580. The van der Waals surface area contributed by atoms with Crippen LogP contribution in [-0.4, -0.2) is 21.0 Å². The van der Waals surface area contributed by atoms with Crippen molar-refractivity contribution in [1.82, 2.24) is 9.78 Å². The average molecular weight is 358 g/mol. The molecular weight excluding hydrogens is 340 g/mol. The molecule has 0 radical (unpaired) electrons. The van der Waals surface area contributed by atoms with Crippen molar-refractivity contribution < 1.29 is 5.11 Å². The first-order valence-corrected chi connectivity index (χ1v) is 7.82. The maximum Gasteiger partial charge on any atom is 0.0738 e. The van der Waals surface area contributed by atoms with E-state index in [0.29, 0.717) is 17.9 Å². The molecule has 20 heavy (non-hydrogen) atoms. The molecule has 2 aromatic rings. The van der Waals surface area contributed by atoms with Crippen molar-refractivity contribution in [3.63, 3.8) is 0 Å². The normalized spacial score (nSPS) is 12.7. The highest BCUT2D eigenvalue weighted by atomic mass is 79.9. The third-order valence-electron chi connectivity index (χ3n) is 3.27. The summed E-state index contributed by atoms with van der Waals surface area (Å²) >= 11 is 9.41. The van der Waals surface area contributed by atoms with Gasteiger partial charge in [-0.1, -0.05) is 23.7 Å². The monoisotopic (exact) mass is 356 g/mol. The van der Waals surface area contributed by atoms with E-state index in [1.165, 1.54) is 0 Å². The lowest BCUT2D eigenvalue weighted by Gasteiger charge is -2.12. The van der Waals surface area contributed by atoms with Crippen LogP contribution in [0.5, 0.6) is 0 Å². The van der Waals surface area contributed by atoms with Crippen molar-refractivity contribution >= 4 is 27.5 Å². The number of aryl methyl sites for hydroxylation is 2. The second-order valence-corrected chi connectivity index (χ2v) is 6.08. The minimum absolute atomic E-state index is 0.436. The van der Waals surface area contributed by atoms with E-state index < -0.39 is 6.10 Å². The average Bonchev–Trinajstić information content (AvgIpc) is 2.69. The quantitative estimate of drug-likeness (QED) is 0.884. The third-order valence-corrected chi connectivity index (χ3v) is 4.55. The zero-order chi connectivity index (χ0) is 14.7. The van der Waals surface area contributed by atoms with Crippen LogP contribution in [0.4, 0.5) is 0 Å². The summed E-state index contributed by atoms with van der Waals surface area (Å²) in [6.45, 7) is 4.81. The molecule has 0 amide bonds. The molecule has 1 heterocycles. The number of hydrogen-bond acceptors (Lipinski definition) is 2. The highest BCUT2D eigenvalue weighted by Gasteiger charge is 2.16. The Balaban J connectivity index is 2.08. The van der Waals surface area contributed by atoms with Gasteiger partial charge < -0.3 is 5.11 Å². The molecule has 5 heteroatoms. The van der Waals surface area contributed by atoms with E-state index in [-0.39, 0.29) is 0 Å². The summed E-state index contributed by atoms with van der Waals surface area (Å²) in [4.78, 5) is 0. The van der Waals surface area contributed by atoms with Crippen molar-refractivity contribution in [2.45, 2.75) is 39.3 Å². The fraction of sp³-hybridized carbons (Fsp3) is 0.400. The van der Waals surface area contributed by atoms with E-state index in [0.717, 1.165) is 28.0 Å². The van der Waals surface area contributed by atoms with Crippen molar-refractivity contribution in [3.05, 3.63) is 50.7 Å². The second kappa shape index (κ2) is 6.74. The Kier molecular flexibility index (Phi) is 5.24. The summed E-state index contributed by atoms with van der Waals surface area (Å²) in [5.74, 6) is 0. The Labute approximate surface area is 132 Å². The topological polar surface area (TPSA) is 38.0 Å². The summed E-state index contributed by atoms with van der Waals surface area (Å²) in [7, 11) is 0. The van der Waals surface area contributed by atoms with Gasteiger partial charge in [0.1, 0.15) is 0 Å². The molecule has 0 spiro atoms. The van der Waals surface area contributed by atoms with E-state index in [2.05, 4.69) is 21.0 Å². The molecule has 0 saturated carbocycles. The van der Waals surface area contributed by atoms with E-state index >= 15 is 0 Å². The van der Waals surface area contributed by atoms with Crippen LogP contribution in [0.25, 0.3) is 0 Å². The van der Waals surface area contributed by atoms with Crippen molar-refractivity contribution in [3.8, 4) is 0 Å². The van der Waals surface area contributed by atoms with Crippen LogP contribution in [0, 0.1) is 6.92 Å². The number of halogens is 2. The van der Waals surface area contributed by atoms with Gasteiger partial charge >= 0.3 is 0 Å². The van der Waals surface area contributed by atoms with Crippen LogP contribution < -0.4 is 0 Å². The first-order chi connectivity index (χ1) is 9.51. The molecule has 1 aromatic carbocycles. The van der Waals surface area contributed by atoms with Crippen LogP contribution in [-0.2, 0) is 19.4 Å². The van der Waals surface area contributed by atoms with Gasteiger partial charge in [-0.15, -0.1) is 0 Å². The van der Waals surface area contributed by atoms with Gasteiger partial charge in [-0.2, -0.15) is 5.10 Å². The molecule has 0 aliphatic rings. The highest BCUT2D eigenvalue weighted by Crippen LogP contribution is 2.23. The third kappa shape index (κ3) is 3.62. The van der Waals surface area contributed by atoms with Gasteiger partial charge in [0.15, 0.2) is 0 Å². The van der Waals surface area contributed by atoms with Gasteiger partial charge in [-0.05, 0) is 53.9 Å².